The molecule has 0 aliphatic carbocycles. The fourth-order valence-corrected chi connectivity index (χ4v) is 2.84. The summed E-state index contributed by atoms with van der Waals surface area (Å²) in [5.74, 6) is -2.47. The first kappa shape index (κ1) is 18.5. The van der Waals surface area contributed by atoms with E-state index in [0.717, 1.165) is 0 Å². The maximum atomic E-state index is 12.6. The first-order valence-corrected chi connectivity index (χ1v) is 7.73. The molecular formula is C18H21NO6. The number of nitrogens with one attached hydrogen (secondary N) is 1. The van der Waals surface area contributed by atoms with E-state index >= 15 is 0 Å². The molecule has 0 spiro atoms. The molecule has 1 aromatic rings. The Morgan fingerprint density at radius 1 is 1.08 bits per heavy atom. The number of carboxylic acids is 1. The fraction of sp³-hybridized carbons (Fsp3) is 0.333. The first-order valence-electron chi connectivity index (χ1n) is 7.73. The lowest BCUT2D eigenvalue weighted by atomic mass is 9.80. The molecule has 1 atom stereocenters. The van der Waals surface area contributed by atoms with Crippen LogP contribution in [0.3, 0.4) is 0 Å². The monoisotopic (exact) mass is 347 g/mol. The summed E-state index contributed by atoms with van der Waals surface area (Å²) in [6, 6.07) is 6.10. The minimum atomic E-state index is -1.13. The van der Waals surface area contributed by atoms with Crippen LogP contribution in [-0.4, -0.2) is 42.5 Å². The van der Waals surface area contributed by atoms with Crippen molar-refractivity contribution in [3.05, 3.63) is 52.4 Å². The summed E-state index contributed by atoms with van der Waals surface area (Å²) in [4.78, 5) is 24.4. The zero-order valence-corrected chi connectivity index (χ0v) is 14.3. The van der Waals surface area contributed by atoms with Gasteiger partial charge in [0.05, 0.1) is 23.7 Å². The van der Waals surface area contributed by atoms with Gasteiger partial charge in [0, 0.05) is 18.5 Å². The highest BCUT2D eigenvalue weighted by Crippen LogP contribution is 2.39. The molecule has 3 N–H and O–H groups in total. The quantitative estimate of drug-likeness (QED) is 0.533. The van der Waals surface area contributed by atoms with Crippen molar-refractivity contribution < 1.29 is 29.3 Å². The molecule has 1 aromatic carbocycles. The lowest BCUT2D eigenvalue weighted by molar-refractivity contribution is -0.140. The van der Waals surface area contributed by atoms with Crippen LogP contribution in [0.15, 0.2) is 46.8 Å². The molecule has 0 amide bonds. The number of phenols is 1. The summed E-state index contributed by atoms with van der Waals surface area (Å²) in [6.45, 7) is 3.66. The Balaban J connectivity index is 2.50. The molecule has 0 aromatic heterocycles. The molecule has 7 nitrogen and oxygen atoms in total. The van der Waals surface area contributed by atoms with Crippen LogP contribution in [0.2, 0.25) is 0 Å². The van der Waals surface area contributed by atoms with Gasteiger partial charge in [0.1, 0.15) is 12.4 Å². The number of hydrogen-bond acceptors (Lipinski definition) is 6. The molecular weight excluding hydrogens is 326 g/mol. The van der Waals surface area contributed by atoms with Crippen LogP contribution in [0.25, 0.3) is 0 Å². The van der Waals surface area contributed by atoms with Crippen LogP contribution in [0.4, 0.5) is 0 Å². The maximum Gasteiger partial charge on any atom is 0.336 e. The summed E-state index contributed by atoms with van der Waals surface area (Å²) in [5.41, 5.74) is 1.85. The number of allylic oxidation sites excluding steroid dienone is 2. The molecule has 0 bridgehead atoms. The van der Waals surface area contributed by atoms with Crippen LogP contribution >= 0.6 is 0 Å². The van der Waals surface area contributed by atoms with E-state index in [2.05, 4.69) is 5.32 Å². The molecule has 1 aliphatic rings. The number of dihydropyridines is 1. The number of ether oxygens (including phenoxy) is 2. The third-order valence-electron chi connectivity index (χ3n) is 3.96. The van der Waals surface area contributed by atoms with E-state index in [-0.39, 0.29) is 30.1 Å². The molecule has 0 saturated heterocycles. The smallest absolute Gasteiger partial charge is 0.336 e. The van der Waals surface area contributed by atoms with Gasteiger partial charge < -0.3 is 25.0 Å². The molecule has 25 heavy (non-hydrogen) atoms. The van der Waals surface area contributed by atoms with Gasteiger partial charge in [-0.25, -0.2) is 9.59 Å². The van der Waals surface area contributed by atoms with Gasteiger partial charge in [0.2, 0.25) is 0 Å². The van der Waals surface area contributed by atoms with Gasteiger partial charge >= 0.3 is 11.9 Å². The number of aliphatic carboxylic acids is 1. The van der Waals surface area contributed by atoms with E-state index < -0.39 is 17.9 Å². The van der Waals surface area contributed by atoms with Crippen molar-refractivity contribution in [3.8, 4) is 5.75 Å². The standard InChI is InChI=1S/C18H21NO6/c1-10-14(17(21)22)16(12-4-6-13(20)7-5-12)15(11(2)19-10)18(23)25-9-8-24-3/h4-7,16,19-20H,8-9H2,1-3H3,(H,21,22). The molecule has 7 heteroatoms. The van der Waals surface area contributed by atoms with Crippen molar-refractivity contribution in [2.45, 2.75) is 19.8 Å². The van der Waals surface area contributed by atoms with Crippen LogP contribution in [0.1, 0.15) is 25.3 Å². The van der Waals surface area contributed by atoms with Crippen molar-refractivity contribution >= 4 is 11.9 Å². The zero-order chi connectivity index (χ0) is 18.6. The number of phenolic OH excluding ortho intramolecular Hbond substituents is 1. The van der Waals surface area contributed by atoms with Crippen molar-refractivity contribution in [2.75, 3.05) is 20.3 Å². The summed E-state index contributed by atoms with van der Waals surface area (Å²) in [6.07, 6.45) is 0. The molecule has 2 rings (SSSR count). The minimum absolute atomic E-state index is 0.0557. The number of hydrogen-bond donors (Lipinski definition) is 3. The number of carbonyl (C=O) groups is 2. The topological polar surface area (TPSA) is 105 Å². The molecule has 0 saturated carbocycles. The molecule has 1 heterocycles. The molecule has 0 fully saturated rings. The average molecular weight is 347 g/mol. The Bertz CT molecular complexity index is 732. The van der Waals surface area contributed by atoms with Gasteiger partial charge in [-0.3, -0.25) is 0 Å². The van der Waals surface area contributed by atoms with Gasteiger partial charge in [0.25, 0.3) is 0 Å². The van der Waals surface area contributed by atoms with E-state index in [0.29, 0.717) is 17.0 Å². The first-order chi connectivity index (χ1) is 11.9. The number of carboxylic acid groups (broad SMARTS) is 1. The highest BCUT2D eigenvalue weighted by molar-refractivity contribution is 5.99. The van der Waals surface area contributed by atoms with E-state index in [9.17, 15) is 19.8 Å². The number of esters is 1. The van der Waals surface area contributed by atoms with Crippen LogP contribution in [0, 0.1) is 0 Å². The highest BCUT2D eigenvalue weighted by atomic mass is 16.6. The van der Waals surface area contributed by atoms with Crippen LogP contribution < -0.4 is 5.32 Å². The third-order valence-corrected chi connectivity index (χ3v) is 3.96. The van der Waals surface area contributed by atoms with E-state index in [4.69, 9.17) is 9.47 Å². The number of benzene rings is 1. The van der Waals surface area contributed by atoms with Gasteiger partial charge in [0.15, 0.2) is 0 Å². The lowest BCUT2D eigenvalue weighted by Crippen LogP contribution is -2.32. The van der Waals surface area contributed by atoms with Crippen molar-refractivity contribution in [2.24, 2.45) is 0 Å². The Morgan fingerprint density at radius 2 is 1.68 bits per heavy atom. The zero-order valence-electron chi connectivity index (χ0n) is 14.3. The summed E-state index contributed by atoms with van der Waals surface area (Å²) >= 11 is 0. The van der Waals surface area contributed by atoms with Gasteiger partial charge in [-0.05, 0) is 31.5 Å². The Hall–Kier alpha value is -2.80. The lowest BCUT2D eigenvalue weighted by Gasteiger charge is -2.29. The van der Waals surface area contributed by atoms with Crippen LogP contribution in [-0.2, 0) is 19.1 Å². The third kappa shape index (κ3) is 4.00. The number of carbonyl (C=O) groups excluding carboxylic acids is 1. The average Bonchev–Trinajstić information content (AvgIpc) is 2.54. The number of rotatable bonds is 6. The summed E-state index contributed by atoms with van der Waals surface area (Å²) in [7, 11) is 1.49. The minimum Gasteiger partial charge on any atom is -0.508 e. The Labute approximate surface area is 145 Å². The molecule has 0 radical (unpaired) electrons. The number of methoxy groups -OCH3 is 1. The Morgan fingerprint density at radius 3 is 2.24 bits per heavy atom. The predicted octanol–water partition coefficient (Wildman–Crippen LogP) is 1.90. The van der Waals surface area contributed by atoms with Crippen molar-refractivity contribution in [1.82, 2.24) is 5.32 Å². The largest absolute Gasteiger partial charge is 0.508 e. The molecule has 134 valence electrons. The maximum absolute atomic E-state index is 12.6. The second-order valence-corrected chi connectivity index (χ2v) is 5.66. The highest BCUT2D eigenvalue weighted by Gasteiger charge is 2.37. The normalized spacial score (nSPS) is 17.3. The van der Waals surface area contributed by atoms with Crippen molar-refractivity contribution in [3.63, 3.8) is 0 Å². The molecule has 1 unspecified atom stereocenters. The summed E-state index contributed by atoms with van der Waals surface area (Å²) in [5, 5.41) is 22.1. The second-order valence-electron chi connectivity index (χ2n) is 5.66. The predicted molar refractivity (Wildman–Crippen MR) is 89.9 cm³/mol. The molecule has 1 aliphatic heterocycles. The van der Waals surface area contributed by atoms with Gasteiger partial charge in [-0.1, -0.05) is 12.1 Å². The van der Waals surface area contributed by atoms with Gasteiger partial charge in [-0.2, -0.15) is 0 Å². The second kappa shape index (κ2) is 7.85. The van der Waals surface area contributed by atoms with Gasteiger partial charge in [-0.15, -0.1) is 0 Å². The Kier molecular flexibility index (Phi) is 5.82. The fourth-order valence-electron chi connectivity index (χ4n) is 2.84. The van der Waals surface area contributed by atoms with Crippen molar-refractivity contribution in [1.29, 1.82) is 0 Å². The van der Waals surface area contributed by atoms with Crippen LogP contribution in [0.5, 0.6) is 5.75 Å². The number of aromatic hydroxyl groups is 1. The van der Waals surface area contributed by atoms with E-state index in [1.807, 2.05) is 0 Å². The summed E-state index contributed by atoms with van der Waals surface area (Å²) < 4.78 is 10.1. The SMILES string of the molecule is COCCOC(=O)C1=C(C)NC(C)=C(C(=O)O)C1c1ccc(O)cc1. The van der Waals surface area contributed by atoms with E-state index in [1.165, 1.54) is 19.2 Å². The van der Waals surface area contributed by atoms with E-state index in [1.54, 1.807) is 26.0 Å².